The topological polar surface area (TPSA) is 63.8 Å². The number of nitrogens with two attached hydrogens (primary N) is 1. The number of nitrogens with zero attached hydrogens (tertiary/aromatic N) is 2. The monoisotopic (exact) mass is 280 g/mol. The number of hydrogen-bond acceptors (Lipinski definition) is 4. The van der Waals surface area contributed by atoms with Gasteiger partial charge >= 0.3 is 0 Å². The summed E-state index contributed by atoms with van der Waals surface area (Å²) in [5.74, 6) is -1.43. The third kappa shape index (κ3) is 3.00. The lowest BCUT2D eigenvalue weighted by molar-refractivity contribution is 0.590. The zero-order valence-electron chi connectivity index (χ0n) is 9.95. The van der Waals surface area contributed by atoms with Crippen molar-refractivity contribution >= 4 is 28.8 Å². The summed E-state index contributed by atoms with van der Waals surface area (Å²) in [6.07, 6.45) is 0. The smallest absolute Gasteiger partial charge is 0.228 e. The van der Waals surface area contributed by atoms with Crippen molar-refractivity contribution in [2.75, 3.05) is 5.32 Å². The second-order valence-corrected chi connectivity index (χ2v) is 4.24. The molecule has 19 heavy (non-hydrogen) atoms. The lowest BCUT2D eigenvalue weighted by atomic mass is 10.3. The average Bonchev–Trinajstić information content (AvgIpc) is 2.33. The van der Waals surface area contributed by atoms with Crippen molar-refractivity contribution in [2.45, 2.75) is 6.92 Å². The van der Waals surface area contributed by atoms with Crippen LogP contribution in [0.15, 0.2) is 24.3 Å². The number of rotatable bonds is 3. The van der Waals surface area contributed by atoms with Crippen molar-refractivity contribution in [1.82, 2.24) is 9.97 Å². The van der Waals surface area contributed by atoms with Gasteiger partial charge in [-0.2, -0.15) is 0 Å². The van der Waals surface area contributed by atoms with Crippen molar-refractivity contribution in [2.24, 2.45) is 5.73 Å². The lowest BCUT2D eigenvalue weighted by Crippen LogP contribution is -2.14. The van der Waals surface area contributed by atoms with Gasteiger partial charge in [-0.25, -0.2) is 18.7 Å². The molecule has 2 aromatic rings. The molecule has 0 unspecified atom stereocenters. The van der Waals surface area contributed by atoms with Gasteiger partial charge in [0, 0.05) is 5.69 Å². The Morgan fingerprint density at radius 3 is 2.47 bits per heavy atom. The zero-order valence-corrected chi connectivity index (χ0v) is 10.8. The molecule has 7 heteroatoms. The van der Waals surface area contributed by atoms with Gasteiger partial charge < -0.3 is 11.1 Å². The number of halogens is 2. The van der Waals surface area contributed by atoms with E-state index in [1.165, 1.54) is 6.07 Å². The zero-order chi connectivity index (χ0) is 14.0. The Kier molecular flexibility index (Phi) is 3.66. The average molecular weight is 280 g/mol. The summed E-state index contributed by atoms with van der Waals surface area (Å²) in [5, 5.41) is 2.49. The van der Waals surface area contributed by atoms with Gasteiger partial charge in [0.15, 0.2) is 0 Å². The van der Waals surface area contributed by atoms with Crippen molar-refractivity contribution in [3.8, 4) is 0 Å². The first kappa shape index (κ1) is 13.3. The molecule has 0 amide bonds. The standard InChI is InChI=1S/C12H10F2N4S/c1-6-5-9(11(15)19)17-12(16-6)18-10-7(13)3-2-4-8(10)14/h2-5H,1H3,(H2,15,19)(H,16,17,18). The van der Waals surface area contributed by atoms with Crippen LogP contribution in [-0.4, -0.2) is 15.0 Å². The second kappa shape index (κ2) is 5.23. The molecule has 0 aliphatic rings. The molecule has 0 saturated carbocycles. The van der Waals surface area contributed by atoms with Crippen LogP contribution in [0.2, 0.25) is 0 Å². The molecule has 3 N–H and O–H groups in total. The molecule has 2 rings (SSSR count). The fourth-order valence-corrected chi connectivity index (χ4v) is 1.58. The molecular formula is C12H10F2N4S. The van der Waals surface area contributed by atoms with Crippen molar-refractivity contribution in [3.63, 3.8) is 0 Å². The minimum Gasteiger partial charge on any atom is -0.388 e. The number of anilines is 2. The van der Waals surface area contributed by atoms with Gasteiger partial charge in [0.05, 0.1) is 0 Å². The van der Waals surface area contributed by atoms with Gasteiger partial charge in [-0.3, -0.25) is 0 Å². The molecule has 0 fully saturated rings. The summed E-state index contributed by atoms with van der Waals surface area (Å²) >= 11 is 4.81. The number of benzene rings is 1. The Morgan fingerprint density at radius 1 is 1.26 bits per heavy atom. The normalized spacial score (nSPS) is 10.3. The Bertz CT molecular complexity index is 625. The summed E-state index contributed by atoms with van der Waals surface area (Å²) < 4.78 is 27.0. The molecule has 0 aliphatic heterocycles. The Balaban J connectivity index is 2.41. The third-order valence-electron chi connectivity index (χ3n) is 2.31. The van der Waals surface area contributed by atoms with Crippen LogP contribution in [0, 0.1) is 18.6 Å². The number of aromatic nitrogens is 2. The molecule has 1 heterocycles. The van der Waals surface area contributed by atoms with Crippen LogP contribution in [0.4, 0.5) is 20.4 Å². The second-order valence-electron chi connectivity index (χ2n) is 3.80. The first-order chi connectivity index (χ1) is 8.97. The molecule has 1 aromatic carbocycles. The first-order valence-corrected chi connectivity index (χ1v) is 5.74. The van der Waals surface area contributed by atoms with E-state index in [1.54, 1.807) is 13.0 Å². The molecule has 1 aromatic heterocycles. The summed E-state index contributed by atoms with van der Waals surface area (Å²) in [6.45, 7) is 1.70. The van der Waals surface area contributed by atoms with Crippen LogP contribution in [0.1, 0.15) is 11.4 Å². The quantitative estimate of drug-likeness (QED) is 0.845. The van der Waals surface area contributed by atoms with E-state index in [2.05, 4.69) is 15.3 Å². The van der Waals surface area contributed by atoms with Crippen LogP contribution < -0.4 is 11.1 Å². The SMILES string of the molecule is Cc1cc(C(N)=S)nc(Nc2c(F)cccc2F)n1. The molecule has 0 spiro atoms. The predicted molar refractivity (Wildman–Crippen MR) is 72.3 cm³/mol. The van der Waals surface area contributed by atoms with Gasteiger partial charge in [-0.05, 0) is 25.1 Å². The van der Waals surface area contributed by atoms with Gasteiger partial charge in [0.1, 0.15) is 28.0 Å². The number of thiocarbonyl (C=S) groups is 1. The molecule has 4 nitrogen and oxygen atoms in total. The van der Waals surface area contributed by atoms with Gasteiger partial charge in [-0.1, -0.05) is 18.3 Å². The number of aryl methyl sites for hydroxylation is 1. The van der Waals surface area contributed by atoms with Crippen LogP contribution >= 0.6 is 12.2 Å². The van der Waals surface area contributed by atoms with Crippen molar-refractivity contribution < 1.29 is 8.78 Å². The third-order valence-corrected chi connectivity index (χ3v) is 2.52. The highest BCUT2D eigenvalue weighted by Gasteiger charge is 2.11. The maximum absolute atomic E-state index is 13.5. The van der Waals surface area contributed by atoms with E-state index in [-0.39, 0.29) is 16.6 Å². The molecule has 0 saturated heterocycles. The Morgan fingerprint density at radius 2 is 1.89 bits per heavy atom. The van der Waals surface area contributed by atoms with Gasteiger partial charge in [0.2, 0.25) is 5.95 Å². The molecule has 98 valence electrons. The maximum Gasteiger partial charge on any atom is 0.228 e. The van der Waals surface area contributed by atoms with E-state index >= 15 is 0 Å². The van der Waals surface area contributed by atoms with E-state index in [0.717, 1.165) is 12.1 Å². The number of hydrogen-bond donors (Lipinski definition) is 2. The van der Waals surface area contributed by atoms with Crippen LogP contribution in [0.25, 0.3) is 0 Å². The summed E-state index contributed by atoms with van der Waals surface area (Å²) in [6, 6.07) is 5.13. The minimum atomic E-state index is -0.734. The van der Waals surface area contributed by atoms with E-state index in [0.29, 0.717) is 11.4 Å². The van der Waals surface area contributed by atoms with Gasteiger partial charge in [-0.15, -0.1) is 0 Å². The van der Waals surface area contributed by atoms with Crippen molar-refractivity contribution in [1.29, 1.82) is 0 Å². The van der Waals surface area contributed by atoms with Gasteiger partial charge in [0.25, 0.3) is 0 Å². The lowest BCUT2D eigenvalue weighted by Gasteiger charge is -2.09. The largest absolute Gasteiger partial charge is 0.388 e. The van der Waals surface area contributed by atoms with E-state index in [9.17, 15) is 8.78 Å². The van der Waals surface area contributed by atoms with E-state index < -0.39 is 11.6 Å². The fraction of sp³-hybridized carbons (Fsp3) is 0.0833. The molecule has 0 atom stereocenters. The van der Waals surface area contributed by atoms with E-state index in [1.807, 2.05) is 0 Å². The Hall–Kier alpha value is -2.15. The summed E-state index contributed by atoms with van der Waals surface area (Å²) in [7, 11) is 0. The molecule has 0 aliphatic carbocycles. The van der Waals surface area contributed by atoms with Crippen molar-refractivity contribution in [3.05, 3.63) is 47.3 Å². The predicted octanol–water partition coefficient (Wildman–Crippen LogP) is 2.44. The highest BCUT2D eigenvalue weighted by molar-refractivity contribution is 7.80. The minimum absolute atomic E-state index is 0.0341. The summed E-state index contributed by atoms with van der Waals surface area (Å²) in [5.41, 5.74) is 6.07. The highest BCUT2D eigenvalue weighted by Crippen LogP contribution is 2.21. The summed E-state index contributed by atoms with van der Waals surface area (Å²) in [4.78, 5) is 8.10. The van der Waals surface area contributed by atoms with Crippen LogP contribution in [-0.2, 0) is 0 Å². The highest BCUT2D eigenvalue weighted by atomic mass is 32.1. The van der Waals surface area contributed by atoms with Crippen LogP contribution in [0.3, 0.4) is 0 Å². The molecular weight excluding hydrogens is 270 g/mol. The Labute approximate surface area is 113 Å². The number of para-hydroxylation sites is 1. The van der Waals surface area contributed by atoms with E-state index in [4.69, 9.17) is 18.0 Å². The molecule has 0 radical (unpaired) electrons. The van der Waals surface area contributed by atoms with Crippen LogP contribution in [0.5, 0.6) is 0 Å². The molecule has 0 bridgehead atoms. The maximum atomic E-state index is 13.5. The number of nitrogens with one attached hydrogen (secondary N) is 1. The fourth-order valence-electron chi connectivity index (χ4n) is 1.48. The first-order valence-electron chi connectivity index (χ1n) is 5.34.